The summed E-state index contributed by atoms with van der Waals surface area (Å²) in [4.78, 5) is 29.3. The van der Waals surface area contributed by atoms with Crippen LogP contribution in [0, 0.1) is 5.82 Å². The van der Waals surface area contributed by atoms with Gasteiger partial charge in [-0.1, -0.05) is 72.7 Å². The van der Waals surface area contributed by atoms with Crippen molar-refractivity contribution in [2.45, 2.75) is 50.9 Å². The second-order valence-corrected chi connectivity index (χ2v) is 9.13. The molecule has 4 aromatic rings. The van der Waals surface area contributed by atoms with Crippen molar-refractivity contribution in [2.24, 2.45) is 0 Å². The highest BCUT2D eigenvalue weighted by atomic mass is 19.1. The van der Waals surface area contributed by atoms with Crippen molar-refractivity contribution in [3.63, 3.8) is 0 Å². The number of amides is 2. The zero-order valence-corrected chi connectivity index (χ0v) is 19.9. The van der Waals surface area contributed by atoms with E-state index in [0.29, 0.717) is 0 Å². The number of hydrogen-bond acceptors (Lipinski definition) is 4. The van der Waals surface area contributed by atoms with Crippen molar-refractivity contribution in [3.8, 4) is 0 Å². The van der Waals surface area contributed by atoms with Gasteiger partial charge in [0, 0.05) is 12.6 Å². The van der Waals surface area contributed by atoms with E-state index in [9.17, 15) is 14.0 Å². The average Bonchev–Trinajstić information content (AvgIpc) is 3.58. The van der Waals surface area contributed by atoms with Crippen molar-refractivity contribution < 1.29 is 14.0 Å². The fraction of sp³-hybridized carbons (Fsp3) is 0.286. The molecule has 3 aromatic carbocycles. The molecule has 184 valence electrons. The fourth-order valence-corrected chi connectivity index (χ4v) is 4.95. The monoisotopic (exact) mass is 485 g/mol. The van der Waals surface area contributed by atoms with Gasteiger partial charge in [0.25, 0.3) is 0 Å². The SMILES string of the molecule is O=C(NCc1ccc(F)cc1)C(c1ccccc1)N(C(=O)Cn1nnc2ccccc21)C1CCCC1. The summed E-state index contributed by atoms with van der Waals surface area (Å²) in [6.45, 7) is 0.231. The Morgan fingerprint density at radius 2 is 1.67 bits per heavy atom. The predicted molar refractivity (Wildman–Crippen MR) is 134 cm³/mol. The summed E-state index contributed by atoms with van der Waals surface area (Å²) in [5, 5.41) is 11.3. The lowest BCUT2D eigenvalue weighted by Crippen LogP contribution is -2.49. The van der Waals surface area contributed by atoms with Crippen LogP contribution in [0.4, 0.5) is 4.39 Å². The topological polar surface area (TPSA) is 80.1 Å². The molecule has 1 fully saturated rings. The van der Waals surface area contributed by atoms with Gasteiger partial charge in [-0.05, 0) is 48.2 Å². The number of fused-ring (bicyclic) bond motifs is 1. The van der Waals surface area contributed by atoms with Crippen molar-refractivity contribution in [2.75, 3.05) is 0 Å². The Morgan fingerprint density at radius 3 is 2.42 bits per heavy atom. The standard InChI is InChI=1S/C28H28FN5O2/c29-22-16-14-20(15-17-22)18-30-28(36)27(21-8-2-1-3-9-21)34(23-10-4-5-11-23)26(35)19-33-25-13-7-6-12-24(25)31-32-33/h1-3,6-9,12-17,23,27H,4-5,10-11,18-19H2,(H,30,36). The molecule has 1 atom stereocenters. The molecule has 36 heavy (non-hydrogen) atoms. The number of carbonyl (C=O) groups is 2. The maximum atomic E-state index is 13.9. The third-order valence-electron chi connectivity index (χ3n) is 6.73. The summed E-state index contributed by atoms with van der Waals surface area (Å²) in [6, 6.07) is 22.1. The molecule has 1 aromatic heterocycles. The molecule has 0 radical (unpaired) electrons. The number of hydrogen-bond donors (Lipinski definition) is 1. The van der Waals surface area contributed by atoms with E-state index in [2.05, 4.69) is 15.6 Å². The maximum absolute atomic E-state index is 13.9. The molecule has 2 amide bonds. The van der Waals surface area contributed by atoms with Crippen LogP contribution < -0.4 is 5.32 Å². The number of carbonyl (C=O) groups excluding carboxylic acids is 2. The summed E-state index contributed by atoms with van der Waals surface area (Å²) in [5.41, 5.74) is 3.02. The zero-order valence-electron chi connectivity index (χ0n) is 19.9. The van der Waals surface area contributed by atoms with Gasteiger partial charge in [-0.3, -0.25) is 9.59 Å². The van der Waals surface area contributed by atoms with E-state index >= 15 is 0 Å². The predicted octanol–water partition coefficient (Wildman–Crippen LogP) is 4.40. The van der Waals surface area contributed by atoms with E-state index in [-0.39, 0.29) is 36.8 Å². The molecule has 1 saturated carbocycles. The number of halogens is 1. The lowest BCUT2D eigenvalue weighted by atomic mass is 10.0. The highest BCUT2D eigenvalue weighted by Crippen LogP contribution is 2.32. The molecule has 0 aliphatic heterocycles. The highest BCUT2D eigenvalue weighted by molar-refractivity contribution is 5.89. The number of nitrogens with zero attached hydrogens (tertiary/aromatic N) is 4. The molecule has 0 saturated heterocycles. The normalized spacial score (nSPS) is 14.6. The first-order valence-corrected chi connectivity index (χ1v) is 12.3. The van der Waals surface area contributed by atoms with Crippen LogP contribution in [0.2, 0.25) is 0 Å². The Balaban J connectivity index is 1.45. The van der Waals surface area contributed by atoms with Gasteiger partial charge in [0.05, 0.1) is 5.52 Å². The van der Waals surface area contributed by atoms with E-state index < -0.39 is 6.04 Å². The Kier molecular flexibility index (Phi) is 7.02. The van der Waals surface area contributed by atoms with E-state index in [1.807, 2.05) is 54.6 Å². The van der Waals surface area contributed by atoms with Crippen LogP contribution in [0.25, 0.3) is 11.0 Å². The zero-order chi connectivity index (χ0) is 24.9. The Morgan fingerprint density at radius 1 is 0.972 bits per heavy atom. The fourth-order valence-electron chi connectivity index (χ4n) is 4.95. The molecular formula is C28H28FN5O2. The second-order valence-electron chi connectivity index (χ2n) is 9.13. The van der Waals surface area contributed by atoms with Crippen LogP contribution in [0.1, 0.15) is 42.9 Å². The molecule has 1 unspecified atom stereocenters. The lowest BCUT2D eigenvalue weighted by Gasteiger charge is -2.36. The molecule has 0 bridgehead atoms. The highest BCUT2D eigenvalue weighted by Gasteiger charge is 2.37. The summed E-state index contributed by atoms with van der Waals surface area (Å²) < 4.78 is 14.9. The van der Waals surface area contributed by atoms with Gasteiger partial charge in [0.15, 0.2) is 0 Å². The molecule has 0 spiro atoms. The number of para-hydroxylation sites is 1. The molecule has 1 aliphatic rings. The van der Waals surface area contributed by atoms with Crippen molar-refractivity contribution in [3.05, 3.63) is 95.8 Å². The van der Waals surface area contributed by atoms with Crippen LogP contribution in [0.3, 0.4) is 0 Å². The number of rotatable bonds is 8. The number of benzene rings is 3. The molecule has 7 nitrogen and oxygen atoms in total. The third kappa shape index (κ3) is 5.12. The van der Waals surface area contributed by atoms with E-state index in [4.69, 9.17) is 0 Å². The smallest absolute Gasteiger partial charge is 0.247 e. The van der Waals surface area contributed by atoms with Crippen LogP contribution in [-0.2, 0) is 22.7 Å². The van der Waals surface area contributed by atoms with E-state index in [1.54, 1.807) is 21.7 Å². The quantitative estimate of drug-likeness (QED) is 0.401. The summed E-state index contributed by atoms with van der Waals surface area (Å²) in [7, 11) is 0. The largest absolute Gasteiger partial charge is 0.350 e. The van der Waals surface area contributed by atoms with Crippen LogP contribution in [0.5, 0.6) is 0 Å². The van der Waals surface area contributed by atoms with Gasteiger partial charge in [0.2, 0.25) is 11.8 Å². The van der Waals surface area contributed by atoms with Gasteiger partial charge in [0.1, 0.15) is 23.9 Å². The average molecular weight is 486 g/mol. The molecule has 1 N–H and O–H groups in total. The van der Waals surface area contributed by atoms with Crippen molar-refractivity contribution >= 4 is 22.8 Å². The van der Waals surface area contributed by atoms with Gasteiger partial charge < -0.3 is 10.2 Å². The van der Waals surface area contributed by atoms with Crippen molar-refractivity contribution in [1.29, 1.82) is 0 Å². The second kappa shape index (κ2) is 10.7. The summed E-state index contributed by atoms with van der Waals surface area (Å²) in [5.74, 6) is -0.775. The minimum absolute atomic E-state index is 0.00834. The first-order valence-electron chi connectivity index (χ1n) is 12.3. The molecular weight excluding hydrogens is 457 g/mol. The minimum atomic E-state index is -0.794. The number of nitrogens with one attached hydrogen (secondary N) is 1. The van der Waals surface area contributed by atoms with Crippen LogP contribution in [-0.4, -0.2) is 37.7 Å². The van der Waals surface area contributed by atoms with Crippen LogP contribution >= 0.6 is 0 Å². The summed E-state index contributed by atoms with van der Waals surface area (Å²) >= 11 is 0. The molecule has 1 heterocycles. The lowest BCUT2D eigenvalue weighted by molar-refractivity contribution is -0.144. The number of aromatic nitrogens is 3. The Bertz CT molecular complexity index is 1330. The first kappa shape index (κ1) is 23.7. The van der Waals surface area contributed by atoms with E-state index in [1.165, 1.54) is 12.1 Å². The molecule has 1 aliphatic carbocycles. The Labute approximate surface area is 208 Å². The van der Waals surface area contributed by atoms with Gasteiger partial charge in [-0.2, -0.15) is 0 Å². The van der Waals surface area contributed by atoms with Crippen LogP contribution in [0.15, 0.2) is 78.9 Å². The van der Waals surface area contributed by atoms with Gasteiger partial charge in [-0.25, -0.2) is 9.07 Å². The maximum Gasteiger partial charge on any atom is 0.247 e. The van der Waals surface area contributed by atoms with Gasteiger partial charge in [-0.15, -0.1) is 5.10 Å². The van der Waals surface area contributed by atoms with E-state index in [0.717, 1.165) is 47.8 Å². The molecule has 5 rings (SSSR count). The van der Waals surface area contributed by atoms with Gasteiger partial charge >= 0.3 is 0 Å². The minimum Gasteiger partial charge on any atom is -0.350 e. The van der Waals surface area contributed by atoms with Crippen molar-refractivity contribution in [1.82, 2.24) is 25.2 Å². The Hall–Kier alpha value is -4.07. The summed E-state index contributed by atoms with van der Waals surface area (Å²) in [6.07, 6.45) is 3.72. The first-order chi connectivity index (χ1) is 17.6. The third-order valence-corrected chi connectivity index (χ3v) is 6.73. The molecule has 8 heteroatoms.